The number of furan rings is 1. The molecule has 0 saturated heterocycles. The standard InChI is InChI=1S/C43H25N3OS/c1-3-12-27(13-4-1)41-44-42(28-14-5-2-6-15-28)46-43(45-41)34-19-10-20-35-38(34)32-23-21-29(25-36(32)47-35)31-17-9-18-33-39-30-16-8-7-11-26(30)22-24-37(39)48-40(31)33/h1-25H. The molecule has 0 aliphatic rings. The lowest BCUT2D eigenvalue weighted by Crippen LogP contribution is -2.00. The van der Waals surface area contributed by atoms with Crippen molar-refractivity contribution >= 4 is 64.2 Å². The summed E-state index contributed by atoms with van der Waals surface area (Å²) in [5.41, 5.74) is 6.76. The van der Waals surface area contributed by atoms with E-state index >= 15 is 0 Å². The number of rotatable bonds is 4. The van der Waals surface area contributed by atoms with E-state index in [1.54, 1.807) is 0 Å². The molecule has 10 aromatic rings. The number of hydrogen-bond donors (Lipinski definition) is 0. The van der Waals surface area contributed by atoms with E-state index in [4.69, 9.17) is 19.4 Å². The van der Waals surface area contributed by atoms with Crippen LogP contribution in [0.1, 0.15) is 0 Å². The zero-order valence-corrected chi connectivity index (χ0v) is 26.4. The van der Waals surface area contributed by atoms with E-state index in [0.29, 0.717) is 17.5 Å². The topological polar surface area (TPSA) is 51.8 Å². The van der Waals surface area contributed by atoms with Gasteiger partial charge in [-0.1, -0.05) is 127 Å². The summed E-state index contributed by atoms with van der Waals surface area (Å²) in [5.74, 6) is 1.88. The van der Waals surface area contributed by atoms with E-state index in [2.05, 4.69) is 78.9 Å². The predicted octanol–water partition coefficient (Wildman–Crippen LogP) is 12.0. The van der Waals surface area contributed by atoms with E-state index in [0.717, 1.165) is 44.2 Å². The molecule has 0 saturated carbocycles. The second kappa shape index (κ2) is 10.7. The molecule has 0 atom stereocenters. The average molecular weight is 632 g/mol. The van der Waals surface area contributed by atoms with Crippen LogP contribution in [-0.4, -0.2) is 15.0 Å². The molecule has 0 N–H and O–H groups in total. The van der Waals surface area contributed by atoms with Gasteiger partial charge in [0.05, 0.1) is 0 Å². The van der Waals surface area contributed by atoms with Crippen molar-refractivity contribution in [3.05, 3.63) is 152 Å². The first kappa shape index (κ1) is 27.0. The molecule has 48 heavy (non-hydrogen) atoms. The molecule has 3 heterocycles. The Morgan fingerprint density at radius 1 is 0.417 bits per heavy atom. The minimum atomic E-state index is 0.613. The Kier molecular flexibility index (Phi) is 6.01. The maximum Gasteiger partial charge on any atom is 0.164 e. The van der Waals surface area contributed by atoms with Gasteiger partial charge in [0.1, 0.15) is 11.2 Å². The zero-order valence-electron chi connectivity index (χ0n) is 25.6. The highest BCUT2D eigenvalue weighted by Crippen LogP contribution is 2.44. The molecule has 7 aromatic carbocycles. The van der Waals surface area contributed by atoms with Gasteiger partial charge in [-0.25, -0.2) is 15.0 Å². The van der Waals surface area contributed by atoms with Crippen LogP contribution in [0.15, 0.2) is 156 Å². The van der Waals surface area contributed by atoms with Crippen molar-refractivity contribution in [3.63, 3.8) is 0 Å². The fourth-order valence-corrected chi connectivity index (χ4v) is 8.16. The van der Waals surface area contributed by atoms with Crippen molar-refractivity contribution in [2.75, 3.05) is 0 Å². The van der Waals surface area contributed by atoms with Crippen molar-refractivity contribution < 1.29 is 4.42 Å². The average Bonchev–Trinajstić information content (AvgIpc) is 3.74. The monoisotopic (exact) mass is 631 g/mol. The van der Waals surface area contributed by atoms with Crippen LogP contribution in [0.2, 0.25) is 0 Å². The lowest BCUT2D eigenvalue weighted by atomic mass is 9.98. The SMILES string of the molecule is c1ccc(-c2nc(-c3ccccc3)nc(-c3cccc4oc5cc(-c6cccc7c6sc6ccc8ccccc8c67)ccc5c34)n2)cc1. The van der Waals surface area contributed by atoms with Crippen molar-refractivity contribution in [2.45, 2.75) is 0 Å². The Morgan fingerprint density at radius 3 is 1.88 bits per heavy atom. The van der Waals surface area contributed by atoms with Gasteiger partial charge in [0, 0.05) is 47.6 Å². The maximum absolute atomic E-state index is 6.57. The second-order valence-corrected chi connectivity index (χ2v) is 13.0. The molecular formula is C43H25N3OS. The van der Waals surface area contributed by atoms with Crippen LogP contribution >= 0.6 is 11.3 Å². The molecule has 3 aromatic heterocycles. The number of aromatic nitrogens is 3. The minimum absolute atomic E-state index is 0.613. The van der Waals surface area contributed by atoms with Crippen molar-refractivity contribution in [3.8, 4) is 45.3 Å². The number of hydrogen-bond acceptors (Lipinski definition) is 5. The maximum atomic E-state index is 6.57. The van der Waals surface area contributed by atoms with Crippen molar-refractivity contribution in [1.82, 2.24) is 15.0 Å². The van der Waals surface area contributed by atoms with Crippen LogP contribution in [0.5, 0.6) is 0 Å². The Labute approximate surface area is 279 Å². The fraction of sp³-hybridized carbons (Fsp3) is 0. The summed E-state index contributed by atoms with van der Waals surface area (Å²) in [4.78, 5) is 14.9. The first-order valence-corrected chi connectivity index (χ1v) is 16.8. The summed E-state index contributed by atoms with van der Waals surface area (Å²) < 4.78 is 9.15. The molecule has 10 rings (SSSR count). The van der Waals surface area contributed by atoms with Gasteiger partial charge in [-0.3, -0.25) is 0 Å². The lowest BCUT2D eigenvalue weighted by molar-refractivity contribution is 0.669. The molecule has 0 spiro atoms. The molecule has 0 aliphatic carbocycles. The van der Waals surface area contributed by atoms with E-state index in [9.17, 15) is 0 Å². The molecule has 0 bridgehead atoms. The highest BCUT2D eigenvalue weighted by Gasteiger charge is 2.19. The molecular weight excluding hydrogens is 607 g/mol. The quantitative estimate of drug-likeness (QED) is 0.194. The van der Waals surface area contributed by atoms with Gasteiger partial charge < -0.3 is 4.42 Å². The number of fused-ring (bicyclic) bond motifs is 8. The Balaban J connectivity index is 1.16. The van der Waals surface area contributed by atoms with Crippen molar-refractivity contribution in [1.29, 1.82) is 0 Å². The van der Waals surface area contributed by atoms with E-state index in [1.165, 1.54) is 36.5 Å². The first-order valence-electron chi connectivity index (χ1n) is 15.9. The number of thiophene rings is 1. The molecule has 5 heteroatoms. The molecule has 224 valence electrons. The van der Waals surface area contributed by atoms with Crippen LogP contribution in [-0.2, 0) is 0 Å². The van der Waals surface area contributed by atoms with Crippen LogP contribution in [0.3, 0.4) is 0 Å². The zero-order chi connectivity index (χ0) is 31.6. The van der Waals surface area contributed by atoms with Crippen LogP contribution in [0.4, 0.5) is 0 Å². The van der Waals surface area contributed by atoms with Gasteiger partial charge in [0.25, 0.3) is 0 Å². The normalized spacial score (nSPS) is 11.8. The van der Waals surface area contributed by atoms with Crippen LogP contribution in [0.25, 0.3) is 98.2 Å². The summed E-state index contributed by atoms with van der Waals surface area (Å²) in [6, 6.07) is 52.6. The van der Waals surface area contributed by atoms with Gasteiger partial charge in [-0.05, 0) is 46.2 Å². The Hall–Kier alpha value is -6.17. The summed E-state index contributed by atoms with van der Waals surface area (Å²) in [5, 5.41) is 7.19. The third kappa shape index (κ3) is 4.25. The summed E-state index contributed by atoms with van der Waals surface area (Å²) >= 11 is 1.85. The molecule has 0 fully saturated rings. The second-order valence-electron chi connectivity index (χ2n) is 12.0. The van der Waals surface area contributed by atoms with Gasteiger partial charge >= 0.3 is 0 Å². The lowest BCUT2D eigenvalue weighted by Gasteiger charge is -2.09. The highest BCUT2D eigenvalue weighted by atomic mass is 32.1. The largest absolute Gasteiger partial charge is 0.456 e. The van der Waals surface area contributed by atoms with Gasteiger partial charge in [0.15, 0.2) is 17.5 Å². The molecule has 0 radical (unpaired) electrons. The smallest absolute Gasteiger partial charge is 0.164 e. The Bertz CT molecular complexity index is 2780. The summed E-state index contributed by atoms with van der Waals surface area (Å²) in [6.45, 7) is 0. The van der Waals surface area contributed by atoms with Gasteiger partial charge in [0.2, 0.25) is 0 Å². The predicted molar refractivity (Wildman–Crippen MR) is 199 cm³/mol. The molecule has 0 aliphatic heterocycles. The fourth-order valence-electron chi connectivity index (χ4n) is 6.90. The van der Waals surface area contributed by atoms with E-state index in [1.807, 2.05) is 84.1 Å². The van der Waals surface area contributed by atoms with Gasteiger partial charge in [-0.15, -0.1) is 11.3 Å². The number of benzene rings is 7. The van der Waals surface area contributed by atoms with Crippen LogP contribution in [0, 0.1) is 0 Å². The molecule has 0 unspecified atom stereocenters. The summed E-state index contributed by atoms with van der Waals surface area (Å²) in [7, 11) is 0. The summed E-state index contributed by atoms with van der Waals surface area (Å²) in [6.07, 6.45) is 0. The van der Waals surface area contributed by atoms with E-state index < -0.39 is 0 Å². The first-order chi connectivity index (χ1) is 23.8. The minimum Gasteiger partial charge on any atom is -0.456 e. The van der Waals surface area contributed by atoms with Crippen molar-refractivity contribution in [2.24, 2.45) is 0 Å². The third-order valence-corrected chi connectivity index (χ3v) is 10.3. The van der Waals surface area contributed by atoms with Gasteiger partial charge in [-0.2, -0.15) is 0 Å². The Morgan fingerprint density at radius 2 is 1.08 bits per heavy atom. The number of nitrogens with zero attached hydrogens (tertiary/aromatic N) is 3. The highest BCUT2D eigenvalue weighted by molar-refractivity contribution is 7.26. The third-order valence-electron chi connectivity index (χ3n) is 9.14. The molecule has 4 nitrogen and oxygen atoms in total. The van der Waals surface area contributed by atoms with E-state index in [-0.39, 0.29) is 0 Å². The molecule has 0 amide bonds. The van der Waals surface area contributed by atoms with Crippen LogP contribution < -0.4 is 0 Å².